The lowest BCUT2D eigenvalue weighted by molar-refractivity contribution is 0.0600. The average Bonchev–Trinajstić information content (AvgIpc) is 3.02. The Labute approximate surface area is 175 Å². The van der Waals surface area contributed by atoms with Gasteiger partial charge in [0, 0.05) is 28.3 Å². The number of aromatic nitrogens is 1. The van der Waals surface area contributed by atoms with Crippen LogP contribution in [0.5, 0.6) is 0 Å². The molecular weight excluding hydrogens is 380 g/mol. The summed E-state index contributed by atoms with van der Waals surface area (Å²) >= 11 is 0. The minimum atomic E-state index is -0.409. The third-order valence-corrected chi connectivity index (χ3v) is 4.78. The standard InChI is InChI=1S/C23H24N4O3/c1-15-7-5-6-8-21(15)25-23(29)26-24-14-19-13-16(2)27(17(19)3)20-11-9-18(10-12-20)22(28)30-4/h5-14H,1-4H3,(H2,25,26,29). The van der Waals surface area contributed by atoms with E-state index in [-0.39, 0.29) is 5.97 Å². The van der Waals surface area contributed by atoms with Crippen molar-refractivity contribution in [3.05, 3.63) is 82.7 Å². The van der Waals surface area contributed by atoms with E-state index in [0.717, 1.165) is 33.9 Å². The van der Waals surface area contributed by atoms with Gasteiger partial charge in [0.1, 0.15) is 0 Å². The Bertz CT molecular complexity index is 1100. The molecule has 30 heavy (non-hydrogen) atoms. The molecule has 0 atom stereocenters. The Hall–Kier alpha value is -3.87. The van der Waals surface area contributed by atoms with Gasteiger partial charge >= 0.3 is 12.0 Å². The topological polar surface area (TPSA) is 84.7 Å². The lowest BCUT2D eigenvalue weighted by atomic mass is 10.2. The molecule has 154 valence electrons. The van der Waals surface area contributed by atoms with Gasteiger partial charge in [-0.2, -0.15) is 5.10 Å². The summed E-state index contributed by atoms with van der Waals surface area (Å²) in [5.74, 6) is -0.370. The fraction of sp³-hybridized carbons (Fsp3) is 0.174. The summed E-state index contributed by atoms with van der Waals surface area (Å²) in [5, 5.41) is 6.83. The molecule has 0 spiro atoms. The maximum atomic E-state index is 12.1. The number of rotatable bonds is 5. The Kier molecular flexibility index (Phi) is 6.32. The second kappa shape index (κ2) is 9.09. The Balaban J connectivity index is 1.71. The number of hydrazone groups is 1. The van der Waals surface area contributed by atoms with Crippen molar-refractivity contribution in [2.24, 2.45) is 5.10 Å². The van der Waals surface area contributed by atoms with E-state index in [1.807, 2.05) is 63.2 Å². The first-order valence-corrected chi connectivity index (χ1v) is 9.44. The van der Waals surface area contributed by atoms with Crippen LogP contribution in [-0.2, 0) is 4.74 Å². The fourth-order valence-corrected chi connectivity index (χ4v) is 3.20. The second-order valence-corrected chi connectivity index (χ2v) is 6.84. The maximum Gasteiger partial charge on any atom is 0.339 e. The number of methoxy groups -OCH3 is 1. The van der Waals surface area contributed by atoms with Crippen molar-refractivity contribution in [2.75, 3.05) is 12.4 Å². The fourth-order valence-electron chi connectivity index (χ4n) is 3.20. The number of amides is 2. The van der Waals surface area contributed by atoms with Crippen molar-refractivity contribution in [2.45, 2.75) is 20.8 Å². The van der Waals surface area contributed by atoms with Crippen LogP contribution >= 0.6 is 0 Å². The summed E-state index contributed by atoms with van der Waals surface area (Å²) in [6.07, 6.45) is 1.61. The molecule has 3 rings (SSSR count). The first kappa shape index (κ1) is 20.9. The Morgan fingerprint density at radius 3 is 2.40 bits per heavy atom. The summed E-state index contributed by atoms with van der Waals surface area (Å²) in [4.78, 5) is 23.7. The van der Waals surface area contributed by atoms with Crippen molar-refractivity contribution >= 4 is 23.9 Å². The normalized spacial score (nSPS) is 10.8. The smallest absolute Gasteiger partial charge is 0.339 e. The van der Waals surface area contributed by atoms with Crippen molar-refractivity contribution in [3.8, 4) is 5.69 Å². The van der Waals surface area contributed by atoms with Crippen LogP contribution in [-0.4, -0.2) is 29.9 Å². The van der Waals surface area contributed by atoms with E-state index in [1.54, 1.807) is 18.3 Å². The number of esters is 1. The predicted octanol–water partition coefficient (Wildman–Crippen LogP) is 4.34. The van der Waals surface area contributed by atoms with Gasteiger partial charge in [-0.25, -0.2) is 15.0 Å². The lowest BCUT2D eigenvalue weighted by Gasteiger charge is -2.10. The van der Waals surface area contributed by atoms with E-state index in [4.69, 9.17) is 4.74 Å². The third-order valence-electron chi connectivity index (χ3n) is 4.78. The SMILES string of the molecule is COC(=O)c1ccc(-n2c(C)cc(C=NNC(=O)Nc3ccccc3C)c2C)cc1. The minimum Gasteiger partial charge on any atom is -0.465 e. The average molecular weight is 404 g/mol. The molecule has 0 aliphatic carbocycles. The van der Waals surface area contributed by atoms with Crippen LogP contribution in [0.1, 0.15) is 32.9 Å². The number of hydrogen-bond donors (Lipinski definition) is 2. The third kappa shape index (κ3) is 4.57. The van der Waals surface area contributed by atoms with E-state index in [0.29, 0.717) is 5.56 Å². The molecule has 0 aliphatic heterocycles. The molecule has 0 saturated heterocycles. The first-order chi connectivity index (χ1) is 14.4. The van der Waals surface area contributed by atoms with E-state index >= 15 is 0 Å². The molecule has 0 saturated carbocycles. The number of carbonyl (C=O) groups excluding carboxylic acids is 2. The van der Waals surface area contributed by atoms with Crippen molar-refractivity contribution in [1.82, 2.24) is 9.99 Å². The number of urea groups is 1. The molecule has 0 unspecified atom stereocenters. The highest BCUT2D eigenvalue weighted by Crippen LogP contribution is 2.20. The number of carbonyl (C=O) groups is 2. The molecular formula is C23H24N4O3. The zero-order valence-corrected chi connectivity index (χ0v) is 17.4. The Morgan fingerprint density at radius 1 is 1.03 bits per heavy atom. The number of hydrogen-bond acceptors (Lipinski definition) is 4. The monoisotopic (exact) mass is 404 g/mol. The van der Waals surface area contributed by atoms with E-state index in [1.165, 1.54) is 7.11 Å². The van der Waals surface area contributed by atoms with Gasteiger partial charge in [-0.3, -0.25) is 0 Å². The van der Waals surface area contributed by atoms with Gasteiger partial charge in [-0.15, -0.1) is 0 Å². The molecule has 0 bridgehead atoms. The molecule has 7 nitrogen and oxygen atoms in total. The summed E-state index contributed by atoms with van der Waals surface area (Å²) in [7, 11) is 1.36. The quantitative estimate of drug-likeness (QED) is 0.377. The van der Waals surface area contributed by atoms with Crippen LogP contribution in [0.3, 0.4) is 0 Å². The Morgan fingerprint density at radius 2 is 1.73 bits per heavy atom. The van der Waals surface area contributed by atoms with Gasteiger partial charge in [0.2, 0.25) is 0 Å². The predicted molar refractivity (Wildman–Crippen MR) is 118 cm³/mol. The van der Waals surface area contributed by atoms with Gasteiger partial charge in [-0.05, 0) is 62.7 Å². The zero-order chi connectivity index (χ0) is 21.7. The highest BCUT2D eigenvalue weighted by molar-refractivity contribution is 5.91. The van der Waals surface area contributed by atoms with Crippen LogP contribution in [0, 0.1) is 20.8 Å². The number of ether oxygens (including phenoxy) is 1. The lowest BCUT2D eigenvalue weighted by Crippen LogP contribution is -2.24. The summed E-state index contributed by atoms with van der Waals surface area (Å²) in [6, 6.07) is 16.3. The highest BCUT2D eigenvalue weighted by atomic mass is 16.5. The molecule has 0 fully saturated rings. The van der Waals surface area contributed by atoms with Crippen LogP contribution < -0.4 is 10.7 Å². The molecule has 3 aromatic rings. The van der Waals surface area contributed by atoms with Gasteiger partial charge in [0.05, 0.1) is 18.9 Å². The number of benzene rings is 2. The maximum absolute atomic E-state index is 12.1. The molecule has 2 aromatic carbocycles. The van der Waals surface area contributed by atoms with Gasteiger partial charge in [0.25, 0.3) is 0 Å². The highest BCUT2D eigenvalue weighted by Gasteiger charge is 2.11. The minimum absolute atomic E-state index is 0.370. The number of aryl methyl sites for hydroxylation is 2. The van der Waals surface area contributed by atoms with Gasteiger partial charge in [-0.1, -0.05) is 18.2 Å². The van der Waals surface area contributed by atoms with Crippen LogP contribution in [0.15, 0.2) is 59.7 Å². The molecule has 1 heterocycles. The van der Waals surface area contributed by atoms with Crippen molar-refractivity contribution < 1.29 is 14.3 Å². The summed E-state index contributed by atoms with van der Waals surface area (Å²) in [6.45, 7) is 5.87. The van der Waals surface area contributed by atoms with E-state index in [9.17, 15) is 9.59 Å². The van der Waals surface area contributed by atoms with Crippen molar-refractivity contribution in [1.29, 1.82) is 0 Å². The van der Waals surface area contributed by atoms with Gasteiger partial charge < -0.3 is 14.6 Å². The van der Waals surface area contributed by atoms with Crippen molar-refractivity contribution in [3.63, 3.8) is 0 Å². The molecule has 0 aliphatic rings. The number of nitrogens with zero attached hydrogens (tertiary/aromatic N) is 2. The summed E-state index contributed by atoms with van der Waals surface area (Å²) in [5.41, 5.74) is 8.45. The van der Waals surface area contributed by atoms with E-state index in [2.05, 4.69) is 20.4 Å². The number of nitrogens with one attached hydrogen (secondary N) is 2. The molecule has 2 amide bonds. The zero-order valence-electron chi connectivity index (χ0n) is 17.4. The van der Waals surface area contributed by atoms with E-state index < -0.39 is 6.03 Å². The molecule has 0 radical (unpaired) electrons. The largest absolute Gasteiger partial charge is 0.465 e. The molecule has 2 N–H and O–H groups in total. The first-order valence-electron chi connectivity index (χ1n) is 9.44. The number of anilines is 1. The summed E-state index contributed by atoms with van der Waals surface area (Å²) < 4.78 is 6.79. The van der Waals surface area contributed by atoms with Crippen LogP contribution in [0.4, 0.5) is 10.5 Å². The molecule has 1 aromatic heterocycles. The number of para-hydroxylation sites is 1. The molecule has 7 heteroatoms. The van der Waals surface area contributed by atoms with Crippen LogP contribution in [0.2, 0.25) is 0 Å². The van der Waals surface area contributed by atoms with Gasteiger partial charge in [0.15, 0.2) is 0 Å². The second-order valence-electron chi connectivity index (χ2n) is 6.84. The van der Waals surface area contributed by atoms with Crippen LogP contribution in [0.25, 0.3) is 5.69 Å².